The summed E-state index contributed by atoms with van der Waals surface area (Å²) in [6.45, 7) is 0. The fourth-order valence-electron chi connectivity index (χ4n) is 3.59. The summed E-state index contributed by atoms with van der Waals surface area (Å²) < 4.78 is 6.18. The van der Waals surface area contributed by atoms with Crippen LogP contribution in [0.1, 0.15) is 0 Å². The van der Waals surface area contributed by atoms with Gasteiger partial charge in [-0.15, -0.1) is 0 Å². The number of H-pyrrole nitrogens is 1. The number of aromatic nitrogens is 3. The van der Waals surface area contributed by atoms with Crippen molar-refractivity contribution >= 4 is 54.8 Å². The normalized spacial score (nSPS) is 12.2. The van der Waals surface area contributed by atoms with Gasteiger partial charge in [0.25, 0.3) is 0 Å². The zero-order valence-electron chi connectivity index (χ0n) is 12.6. The molecule has 0 radical (unpaired) electrons. The number of furan rings is 1. The van der Waals surface area contributed by atoms with Crippen molar-refractivity contribution in [3.05, 3.63) is 60.9 Å². The Labute approximate surface area is 135 Å². The monoisotopic (exact) mass is 309 g/mol. The van der Waals surface area contributed by atoms with E-state index in [-0.39, 0.29) is 0 Å². The Balaban J connectivity index is 1.86. The maximum atomic E-state index is 6.18. The summed E-state index contributed by atoms with van der Waals surface area (Å²) in [4.78, 5) is 12.1. The summed E-state index contributed by atoms with van der Waals surface area (Å²) in [6.07, 6.45) is 1.61. The second kappa shape index (κ2) is 4.11. The lowest BCUT2D eigenvalue weighted by molar-refractivity contribution is 0.659. The number of benzene rings is 3. The van der Waals surface area contributed by atoms with E-state index in [0.717, 1.165) is 49.4 Å². The largest absolute Gasteiger partial charge is 0.439 e. The van der Waals surface area contributed by atoms with Crippen LogP contribution in [0.25, 0.3) is 54.8 Å². The van der Waals surface area contributed by atoms with Crippen LogP contribution < -0.4 is 0 Å². The first-order chi connectivity index (χ1) is 11.9. The zero-order valence-corrected chi connectivity index (χ0v) is 12.6. The summed E-state index contributed by atoms with van der Waals surface area (Å²) in [5, 5.41) is 5.55. The van der Waals surface area contributed by atoms with Crippen molar-refractivity contribution in [2.75, 3.05) is 0 Å². The first kappa shape index (κ1) is 12.1. The van der Waals surface area contributed by atoms with Crippen molar-refractivity contribution in [3.8, 4) is 0 Å². The Morgan fingerprint density at radius 3 is 2.75 bits per heavy atom. The van der Waals surface area contributed by atoms with Gasteiger partial charge in [-0.25, -0.2) is 9.97 Å². The van der Waals surface area contributed by atoms with E-state index in [9.17, 15) is 0 Å². The third kappa shape index (κ3) is 1.42. The topological polar surface area (TPSA) is 54.7 Å². The lowest BCUT2D eigenvalue weighted by Crippen LogP contribution is -1.81. The first-order valence-corrected chi connectivity index (χ1v) is 7.85. The molecule has 112 valence electrons. The summed E-state index contributed by atoms with van der Waals surface area (Å²) in [6, 6.07) is 18.7. The maximum absolute atomic E-state index is 6.18. The van der Waals surface area contributed by atoms with Crippen LogP contribution in [0.5, 0.6) is 0 Å². The molecule has 0 amide bonds. The highest BCUT2D eigenvalue weighted by Crippen LogP contribution is 2.35. The van der Waals surface area contributed by atoms with Gasteiger partial charge in [-0.1, -0.05) is 30.3 Å². The Morgan fingerprint density at radius 2 is 1.75 bits per heavy atom. The molecule has 3 aromatic carbocycles. The Hall–Kier alpha value is -3.40. The minimum atomic E-state index is 0.785. The molecule has 0 aliphatic rings. The van der Waals surface area contributed by atoms with Crippen molar-refractivity contribution < 1.29 is 4.42 Å². The van der Waals surface area contributed by atoms with E-state index in [1.807, 2.05) is 24.3 Å². The molecule has 3 aromatic heterocycles. The van der Waals surface area contributed by atoms with Crippen LogP contribution in [-0.4, -0.2) is 15.0 Å². The molecule has 4 nitrogen and oxygen atoms in total. The van der Waals surface area contributed by atoms with E-state index in [0.29, 0.717) is 0 Å². The van der Waals surface area contributed by atoms with Gasteiger partial charge in [0.05, 0.1) is 16.6 Å². The number of rotatable bonds is 0. The standard InChI is InChI=1S/C20H11N3O/c1-2-4-12-11(3-1)5-6-13-14-9-15-16(23-20(14)24-19(12)13)7-8-17-18(15)22-10-21-17/h1-10,23H. The highest BCUT2D eigenvalue weighted by molar-refractivity contribution is 6.17. The van der Waals surface area contributed by atoms with Crippen LogP contribution in [0, 0.1) is 0 Å². The summed E-state index contributed by atoms with van der Waals surface area (Å²) >= 11 is 0. The highest BCUT2D eigenvalue weighted by Gasteiger charge is 2.13. The smallest absolute Gasteiger partial charge is 0.205 e. The number of aromatic amines is 1. The van der Waals surface area contributed by atoms with Crippen molar-refractivity contribution in [1.82, 2.24) is 15.0 Å². The number of hydrogen-bond acceptors (Lipinski definition) is 3. The van der Waals surface area contributed by atoms with E-state index in [2.05, 4.69) is 45.3 Å². The van der Waals surface area contributed by atoms with Crippen LogP contribution in [0.3, 0.4) is 0 Å². The number of pyridine rings is 1. The number of imidazole rings is 1. The predicted molar refractivity (Wildman–Crippen MR) is 96.2 cm³/mol. The fourth-order valence-corrected chi connectivity index (χ4v) is 3.59. The van der Waals surface area contributed by atoms with Gasteiger partial charge >= 0.3 is 0 Å². The molecule has 0 aliphatic heterocycles. The molecule has 0 bridgehead atoms. The minimum Gasteiger partial charge on any atom is -0.439 e. The molecule has 6 aromatic rings. The molecule has 24 heavy (non-hydrogen) atoms. The number of fused-ring (bicyclic) bond motifs is 8. The van der Waals surface area contributed by atoms with Gasteiger partial charge < -0.3 is 9.40 Å². The molecule has 0 saturated heterocycles. The minimum absolute atomic E-state index is 0.785. The Bertz CT molecular complexity index is 1410. The van der Waals surface area contributed by atoms with Gasteiger partial charge in [-0.05, 0) is 29.7 Å². The SMILES string of the molecule is c1ccc2c(c1)ccc1c3cc4c(ccc5ncnc54)[nH]c3oc21. The van der Waals surface area contributed by atoms with Gasteiger partial charge in [0.1, 0.15) is 11.9 Å². The average Bonchev–Trinajstić information content (AvgIpc) is 3.24. The lowest BCUT2D eigenvalue weighted by Gasteiger charge is -1.99. The maximum Gasteiger partial charge on any atom is 0.205 e. The van der Waals surface area contributed by atoms with Crippen LogP contribution >= 0.6 is 0 Å². The number of nitrogens with zero attached hydrogens (tertiary/aromatic N) is 2. The molecular formula is C20H11N3O. The molecule has 0 unspecified atom stereocenters. The summed E-state index contributed by atoms with van der Waals surface area (Å²) in [7, 11) is 0. The van der Waals surface area contributed by atoms with Gasteiger partial charge in [0.15, 0.2) is 0 Å². The molecular weight excluding hydrogens is 298 g/mol. The molecule has 0 aliphatic carbocycles. The first-order valence-electron chi connectivity index (χ1n) is 7.85. The van der Waals surface area contributed by atoms with E-state index in [1.165, 1.54) is 5.39 Å². The quantitative estimate of drug-likeness (QED) is 0.421. The molecule has 0 atom stereocenters. The second-order valence-electron chi connectivity index (χ2n) is 6.05. The molecule has 1 N–H and O–H groups in total. The third-order valence-electron chi connectivity index (χ3n) is 4.73. The molecule has 6 rings (SSSR count). The third-order valence-corrected chi connectivity index (χ3v) is 4.73. The van der Waals surface area contributed by atoms with Crippen molar-refractivity contribution in [3.63, 3.8) is 0 Å². The van der Waals surface area contributed by atoms with E-state index in [4.69, 9.17) is 4.42 Å². The average molecular weight is 309 g/mol. The number of nitrogens with one attached hydrogen (secondary N) is 1. The van der Waals surface area contributed by atoms with Crippen LogP contribution in [-0.2, 0) is 0 Å². The second-order valence-corrected chi connectivity index (χ2v) is 6.05. The van der Waals surface area contributed by atoms with Crippen molar-refractivity contribution in [2.24, 2.45) is 0 Å². The van der Waals surface area contributed by atoms with Gasteiger partial charge in [-0.3, -0.25) is 0 Å². The van der Waals surface area contributed by atoms with Gasteiger partial charge in [0, 0.05) is 21.5 Å². The molecule has 0 spiro atoms. The molecule has 4 heteroatoms. The predicted octanol–water partition coefficient (Wildman–Crippen LogP) is 5.16. The summed E-state index contributed by atoms with van der Waals surface area (Å²) in [5.41, 5.74) is 4.53. The summed E-state index contributed by atoms with van der Waals surface area (Å²) in [5.74, 6) is 0. The van der Waals surface area contributed by atoms with Crippen LogP contribution in [0.4, 0.5) is 0 Å². The van der Waals surface area contributed by atoms with Crippen LogP contribution in [0.2, 0.25) is 0 Å². The molecule has 0 fully saturated rings. The zero-order chi connectivity index (χ0) is 15.7. The van der Waals surface area contributed by atoms with E-state index in [1.54, 1.807) is 6.33 Å². The van der Waals surface area contributed by atoms with E-state index < -0.39 is 0 Å². The van der Waals surface area contributed by atoms with Gasteiger partial charge in [-0.2, -0.15) is 0 Å². The molecule has 0 saturated carbocycles. The Morgan fingerprint density at radius 1 is 0.792 bits per heavy atom. The highest BCUT2D eigenvalue weighted by atomic mass is 16.3. The van der Waals surface area contributed by atoms with Crippen molar-refractivity contribution in [1.29, 1.82) is 0 Å². The van der Waals surface area contributed by atoms with Crippen LogP contribution in [0.15, 0.2) is 65.3 Å². The fraction of sp³-hybridized carbons (Fsp3) is 0. The van der Waals surface area contributed by atoms with Gasteiger partial charge in [0.2, 0.25) is 5.71 Å². The number of hydrogen-bond donors (Lipinski definition) is 1. The Kier molecular flexibility index (Phi) is 2.07. The molecule has 3 heterocycles. The lowest BCUT2D eigenvalue weighted by atomic mass is 10.1. The van der Waals surface area contributed by atoms with E-state index >= 15 is 0 Å². The van der Waals surface area contributed by atoms with Crippen molar-refractivity contribution in [2.45, 2.75) is 0 Å².